The monoisotopic (exact) mass is 490 g/mol. The van der Waals surface area contributed by atoms with Crippen molar-refractivity contribution >= 4 is 5.91 Å². The summed E-state index contributed by atoms with van der Waals surface area (Å²) in [5.41, 5.74) is 1.16. The highest BCUT2D eigenvalue weighted by Crippen LogP contribution is 2.34. The van der Waals surface area contributed by atoms with Crippen molar-refractivity contribution in [2.45, 2.75) is 24.9 Å². The summed E-state index contributed by atoms with van der Waals surface area (Å²) in [4.78, 5) is 14.9. The second kappa shape index (κ2) is 11.1. The van der Waals surface area contributed by atoms with Crippen LogP contribution >= 0.6 is 0 Å². The van der Waals surface area contributed by atoms with E-state index in [4.69, 9.17) is 9.47 Å². The molecule has 35 heavy (non-hydrogen) atoms. The van der Waals surface area contributed by atoms with E-state index >= 15 is 0 Å². The predicted octanol–water partition coefficient (Wildman–Crippen LogP) is 3.40. The van der Waals surface area contributed by atoms with Crippen LogP contribution in [0.25, 0.3) is 0 Å². The molecule has 10 heteroatoms. The van der Waals surface area contributed by atoms with E-state index in [0.717, 1.165) is 56.4 Å². The van der Waals surface area contributed by atoms with Gasteiger partial charge in [-0.2, -0.15) is 18.3 Å². The lowest BCUT2D eigenvalue weighted by atomic mass is 9.92. The van der Waals surface area contributed by atoms with Gasteiger partial charge in [0.15, 0.2) is 0 Å². The van der Waals surface area contributed by atoms with E-state index in [9.17, 15) is 18.0 Å². The number of alkyl halides is 3. The first-order valence-electron chi connectivity index (χ1n) is 11.6. The maximum atomic E-state index is 13.0. The molecule has 1 N–H and O–H groups in total. The van der Waals surface area contributed by atoms with Gasteiger partial charge in [-0.15, -0.1) is 0 Å². The van der Waals surface area contributed by atoms with Crippen LogP contribution in [0.2, 0.25) is 0 Å². The van der Waals surface area contributed by atoms with Gasteiger partial charge in [-0.05, 0) is 29.8 Å². The molecule has 0 spiro atoms. The molecule has 2 aromatic rings. The third kappa shape index (κ3) is 6.73. The van der Waals surface area contributed by atoms with E-state index in [1.807, 2.05) is 19.2 Å². The second-order valence-corrected chi connectivity index (χ2v) is 8.62. The van der Waals surface area contributed by atoms with Crippen LogP contribution in [-0.2, 0) is 33.9 Å². The molecule has 7 nitrogen and oxygen atoms in total. The lowest BCUT2D eigenvalue weighted by Gasteiger charge is -2.29. The number of hydrogen-bond donors (Lipinski definition) is 1. The lowest BCUT2D eigenvalue weighted by Crippen LogP contribution is -2.38. The minimum absolute atomic E-state index is 0.138. The first-order chi connectivity index (χ1) is 16.8. The Hall–Kier alpha value is -3.11. The van der Waals surface area contributed by atoms with E-state index in [1.165, 1.54) is 12.1 Å². The minimum Gasteiger partial charge on any atom is -0.496 e. The fraction of sp³-hybridized carbons (Fsp3) is 0.440. The number of morpholine rings is 1. The molecule has 1 aliphatic carbocycles. The quantitative estimate of drug-likeness (QED) is 0.615. The topological polar surface area (TPSA) is 68.6 Å². The lowest BCUT2D eigenvalue weighted by molar-refractivity contribution is -0.137. The Morgan fingerprint density at radius 3 is 2.74 bits per heavy atom. The van der Waals surface area contributed by atoms with E-state index in [2.05, 4.69) is 15.3 Å². The summed E-state index contributed by atoms with van der Waals surface area (Å²) in [5, 5.41) is 7.12. The molecule has 0 saturated carbocycles. The van der Waals surface area contributed by atoms with Gasteiger partial charge in [-0.25, -0.2) is 0 Å². The van der Waals surface area contributed by atoms with E-state index in [-0.39, 0.29) is 18.2 Å². The zero-order chi connectivity index (χ0) is 24.8. The predicted molar refractivity (Wildman–Crippen MR) is 123 cm³/mol. The Morgan fingerprint density at radius 2 is 2.03 bits per heavy atom. The zero-order valence-corrected chi connectivity index (χ0v) is 19.6. The van der Waals surface area contributed by atoms with Gasteiger partial charge in [0.2, 0.25) is 5.91 Å². The molecule has 2 heterocycles. The summed E-state index contributed by atoms with van der Waals surface area (Å²) in [7, 11) is 1.85. The zero-order valence-electron chi connectivity index (χ0n) is 19.6. The average molecular weight is 491 g/mol. The van der Waals surface area contributed by atoms with Gasteiger partial charge in [0, 0.05) is 50.7 Å². The van der Waals surface area contributed by atoms with Crippen molar-refractivity contribution in [2.75, 3.05) is 39.5 Å². The number of aromatic nitrogens is 2. The van der Waals surface area contributed by atoms with Gasteiger partial charge in [-0.1, -0.05) is 18.2 Å². The van der Waals surface area contributed by atoms with Crippen molar-refractivity contribution in [3.8, 4) is 0 Å². The molecule has 188 valence electrons. The summed E-state index contributed by atoms with van der Waals surface area (Å²) >= 11 is 0. The van der Waals surface area contributed by atoms with Gasteiger partial charge >= 0.3 is 6.18 Å². The van der Waals surface area contributed by atoms with Crippen LogP contribution in [0.15, 0.2) is 60.1 Å². The molecule has 1 aromatic heterocycles. The number of allylic oxidation sites excluding steroid dienone is 4. The van der Waals surface area contributed by atoms with Crippen LogP contribution in [0, 0.1) is 0 Å². The van der Waals surface area contributed by atoms with Crippen molar-refractivity contribution in [1.82, 2.24) is 20.0 Å². The highest BCUT2D eigenvalue weighted by molar-refractivity contribution is 5.80. The molecule has 0 bridgehead atoms. The van der Waals surface area contributed by atoms with Crippen LogP contribution in [0.3, 0.4) is 0 Å². The molecular weight excluding hydrogens is 461 g/mol. The molecule has 1 amide bonds. The number of benzene rings is 1. The number of halogens is 3. The number of hydrogen-bond acceptors (Lipinski definition) is 5. The Labute approximate surface area is 202 Å². The first kappa shape index (κ1) is 25.0. The maximum absolute atomic E-state index is 13.0. The average Bonchev–Trinajstić information content (AvgIpc) is 3.26. The van der Waals surface area contributed by atoms with Crippen molar-refractivity contribution in [1.29, 1.82) is 0 Å². The third-order valence-corrected chi connectivity index (χ3v) is 6.13. The molecule has 1 aromatic carbocycles. The molecule has 1 saturated heterocycles. The van der Waals surface area contributed by atoms with Crippen LogP contribution < -0.4 is 5.32 Å². The number of aryl methyl sites for hydroxylation is 1. The number of rotatable bonds is 8. The highest BCUT2D eigenvalue weighted by atomic mass is 19.4. The summed E-state index contributed by atoms with van der Waals surface area (Å²) in [6, 6.07) is 6.75. The van der Waals surface area contributed by atoms with Crippen LogP contribution in [0.4, 0.5) is 13.2 Å². The van der Waals surface area contributed by atoms with Crippen LogP contribution in [0.1, 0.15) is 29.2 Å². The summed E-state index contributed by atoms with van der Waals surface area (Å²) in [6.07, 6.45) is 1.24. The van der Waals surface area contributed by atoms with Crippen molar-refractivity contribution in [3.05, 3.63) is 77.0 Å². The largest absolute Gasteiger partial charge is 0.496 e. The molecule has 1 atom stereocenters. The molecule has 1 fully saturated rings. The van der Waals surface area contributed by atoms with Crippen molar-refractivity contribution < 1.29 is 27.4 Å². The Balaban J connectivity index is 1.41. The summed E-state index contributed by atoms with van der Waals surface area (Å²) in [5.74, 6) is 0.281. The van der Waals surface area contributed by atoms with E-state index in [0.29, 0.717) is 24.3 Å². The highest BCUT2D eigenvalue weighted by Gasteiger charge is 2.31. The number of carbonyl (C=O) groups is 1. The number of amides is 1. The fourth-order valence-electron chi connectivity index (χ4n) is 4.29. The summed E-state index contributed by atoms with van der Waals surface area (Å²) < 4.78 is 52.2. The van der Waals surface area contributed by atoms with Crippen molar-refractivity contribution in [3.63, 3.8) is 0 Å². The van der Waals surface area contributed by atoms with Gasteiger partial charge in [0.1, 0.15) is 12.4 Å². The Bertz CT molecular complexity index is 1090. The fourth-order valence-corrected chi connectivity index (χ4v) is 4.29. The molecular formula is C25H29F3N4O3. The number of ether oxygens (including phenoxy) is 2. The van der Waals surface area contributed by atoms with Crippen molar-refractivity contribution in [2.24, 2.45) is 7.05 Å². The van der Waals surface area contributed by atoms with E-state index < -0.39 is 11.7 Å². The Morgan fingerprint density at radius 1 is 1.23 bits per heavy atom. The molecule has 1 unspecified atom stereocenters. The maximum Gasteiger partial charge on any atom is 0.416 e. The summed E-state index contributed by atoms with van der Waals surface area (Å²) in [6.45, 7) is 4.55. The number of nitrogens with zero attached hydrogens (tertiary/aromatic N) is 3. The van der Waals surface area contributed by atoms with Crippen LogP contribution in [-0.4, -0.2) is 60.0 Å². The number of nitrogens with one attached hydrogen (secondary N) is 1. The van der Waals surface area contributed by atoms with Gasteiger partial charge < -0.3 is 14.8 Å². The van der Waals surface area contributed by atoms with Crippen LogP contribution in [0.5, 0.6) is 0 Å². The van der Waals surface area contributed by atoms with Gasteiger partial charge in [0.25, 0.3) is 0 Å². The molecule has 0 radical (unpaired) electrons. The Kier molecular flexibility index (Phi) is 7.92. The van der Waals surface area contributed by atoms with Gasteiger partial charge in [-0.3, -0.25) is 14.4 Å². The SMILES string of the molecule is Cn1nccc1C1CC(NC(=O)Cc2cccc(C(F)(F)F)c2)=CC=C1OCCN1CCOCC1. The first-order valence-corrected chi connectivity index (χ1v) is 11.6. The van der Waals surface area contributed by atoms with E-state index in [1.54, 1.807) is 17.0 Å². The molecule has 4 rings (SSSR count). The molecule has 2 aliphatic rings. The third-order valence-electron chi connectivity index (χ3n) is 6.13. The minimum atomic E-state index is -4.45. The standard InChI is InChI=1S/C25H29F3N4O3/c1-31-22(7-8-29-31)21-17-20(5-6-23(21)35-14-11-32-9-12-34-13-10-32)30-24(33)16-18-3-2-4-19(15-18)25(26,27)28/h2-8,15,21H,9-14,16-17H2,1H3,(H,30,33). The number of carbonyl (C=O) groups excluding carboxylic acids is 1. The smallest absolute Gasteiger partial charge is 0.416 e. The molecule has 1 aliphatic heterocycles. The second-order valence-electron chi connectivity index (χ2n) is 8.62. The normalized spacial score (nSPS) is 19.1. The van der Waals surface area contributed by atoms with Gasteiger partial charge in [0.05, 0.1) is 31.1 Å².